The molecule has 5 rings (SSSR count). The quantitative estimate of drug-likeness (QED) is 0.450. The zero-order valence-electron chi connectivity index (χ0n) is 21.5. The summed E-state index contributed by atoms with van der Waals surface area (Å²) in [5.74, 6) is -0.275. The van der Waals surface area contributed by atoms with Gasteiger partial charge in [-0.15, -0.1) is 0 Å². The van der Waals surface area contributed by atoms with Gasteiger partial charge in [0.1, 0.15) is 22.5 Å². The number of likely N-dealkylation sites (tertiary alicyclic amines) is 1. The summed E-state index contributed by atoms with van der Waals surface area (Å²) in [6, 6.07) is 6.15. The van der Waals surface area contributed by atoms with Crippen LogP contribution in [0.1, 0.15) is 50.0 Å². The van der Waals surface area contributed by atoms with Crippen LogP contribution in [0.2, 0.25) is 0 Å². The van der Waals surface area contributed by atoms with Crippen LogP contribution in [-0.2, 0) is 11.8 Å². The fraction of sp³-hybridized carbons (Fsp3) is 0.423. The Kier molecular flexibility index (Phi) is 5.50. The molecule has 1 fully saturated rings. The fourth-order valence-electron chi connectivity index (χ4n) is 4.62. The highest BCUT2D eigenvalue weighted by Gasteiger charge is 2.39. The van der Waals surface area contributed by atoms with Crippen molar-refractivity contribution in [1.82, 2.24) is 34.9 Å². The Hall–Kier alpha value is -3.95. The molecule has 3 aromatic heterocycles. The molecule has 1 aliphatic heterocycles. The Morgan fingerprint density at radius 3 is 2.78 bits per heavy atom. The van der Waals surface area contributed by atoms with E-state index in [0.717, 1.165) is 16.5 Å². The molecule has 0 aliphatic carbocycles. The average molecular weight is 490 g/mol. The molecule has 10 nitrogen and oxygen atoms in total. The molecule has 0 bridgehead atoms. The summed E-state index contributed by atoms with van der Waals surface area (Å²) >= 11 is 0. The summed E-state index contributed by atoms with van der Waals surface area (Å²) in [5.41, 5.74) is 3.69. The average Bonchev–Trinajstić information content (AvgIpc) is 3.48. The van der Waals surface area contributed by atoms with Crippen LogP contribution in [0, 0.1) is 6.92 Å². The number of nitrogens with one attached hydrogen (secondary N) is 2. The fourth-order valence-corrected chi connectivity index (χ4v) is 4.62. The van der Waals surface area contributed by atoms with E-state index in [9.17, 15) is 9.59 Å². The first-order chi connectivity index (χ1) is 16.9. The first-order valence-corrected chi connectivity index (χ1v) is 12.0. The summed E-state index contributed by atoms with van der Waals surface area (Å²) < 4.78 is 7.31. The van der Waals surface area contributed by atoms with Crippen LogP contribution < -0.4 is 5.32 Å². The van der Waals surface area contributed by atoms with E-state index < -0.39 is 11.1 Å². The summed E-state index contributed by atoms with van der Waals surface area (Å²) in [4.78, 5) is 39.8. The van der Waals surface area contributed by atoms with Crippen LogP contribution in [0.3, 0.4) is 0 Å². The monoisotopic (exact) mass is 489 g/mol. The van der Waals surface area contributed by atoms with Gasteiger partial charge in [0.2, 0.25) is 0 Å². The molecular weight excluding hydrogens is 458 g/mol. The summed E-state index contributed by atoms with van der Waals surface area (Å²) in [5, 5.41) is 8.74. The van der Waals surface area contributed by atoms with Crippen LogP contribution in [-0.4, -0.2) is 65.9 Å². The molecule has 0 spiro atoms. The van der Waals surface area contributed by atoms with E-state index in [1.165, 1.54) is 0 Å². The molecule has 0 saturated carbocycles. The van der Waals surface area contributed by atoms with Gasteiger partial charge in [0.05, 0.1) is 22.8 Å². The second kappa shape index (κ2) is 8.32. The third-order valence-corrected chi connectivity index (χ3v) is 6.42. The maximum atomic E-state index is 13.3. The number of carbonyl (C=O) groups is 2. The van der Waals surface area contributed by atoms with Crippen molar-refractivity contribution in [3.63, 3.8) is 0 Å². The van der Waals surface area contributed by atoms with Crippen molar-refractivity contribution in [3.8, 4) is 11.4 Å². The van der Waals surface area contributed by atoms with Crippen molar-refractivity contribution in [2.75, 3.05) is 13.1 Å². The van der Waals surface area contributed by atoms with Gasteiger partial charge in [0, 0.05) is 31.7 Å². The van der Waals surface area contributed by atoms with E-state index >= 15 is 0 Å². The maximum absolute atomic E-state index is 13.3. The highest BCUT2D eigenvalue weighted by atomic mass is 16.6. The second-order valence-electron chi connectivity index (χ2n) is 10.8. The molecule has 1 aliphatic rings. The lowest BCUT2D eigenvalue weighted by atomic mass is 10.0. The predicted octanol–water partition coefficient (Wildman–Crippen LogP) is 3.95. The number of aromatic amines is 1. The van der Waals surface area contributed by atoms with Gasteiger partial charge in [-0.05, 0) is 52.7 Å². The minimum atomic E-state index is -0.586. The van der Waals surface area contributed by atoms with E-state index in [2.05, 4.69) is 26.4 Å². The van der Waals surface area contributed by atoms with Crippen molar-refractivity contribution in [2.24, 2.45) is 7.05 Å². The number of H-pyrrole nitrogens is 1. The number of fused-ring (bicyclic) bond motifs is 2. The van der Waals surface area contributed by atoms with Crippen molar-refractivity contribution in [1.29, 1.82) is 0 Å². The molecule has 188 valence electrons. The minimum Gasteiger partial charge on any atom is -0.444 e. The molecule has 2 N–H and O–H groups in total. The zero-order valence-corrected chi connectivity index (χ0v) is 21.5. The highest BCUT2D eigenvalue weighted by Crippen LogP contribution is 2.29. The number of rotatable bonds is 3. The van der Waals surface area contributed by atoms with Gasteiger partial charge in [-0.1, -0.05) is 12.1 Å². The lowest BCUT2D eigenvalue weighted by Crippen LogP contribution is -2.49. The Labute approximate surface area is 209 Å². The first kappa shape index (κ1) is 23.8. The molecule has 1 saturated heterocycles. The number of carbonyl (C=O) groups excluding carboxylic acids is 2. The van der Waals surface area contributed by atoms with Gasteiger partial charge < -0.3 is 19.9 Å². The topological polar surface area (TPSA) is 118 Å². The molecular formula is C26H31N7O3. The lowest BCUT2D eigenvalue weighted by Gasteiger charge is -2.27. The maximum Gasteiger partial charge on any atom is 0.410 e. The SMILES string of the molecule is Cc1ccc2c(-c3cnc4[nH]cc(C(=O)NC5(C)CCN(C(=O)OC(C)(C)C)C5)c4n3)nn(C)c2c1. The first-order valence-electron chi connectivity index (χ1n) is 12.0. The third-order valence-electron chi connectivity index (χ3n) is 6.42. The zero-order chi connectivity index (χ0) is 25.8. The summed E-state index contributed by atoms with van der Waals surface area (Å²) in [6.45, 7) is 10.4. The number of hydrogen-bond acceptors (Lipinski definition) is 6. The number of hydrogen-bond donors (Lipinski definition) is 2. The van der Waals surface area contributed by atoms with Crippen LogP contribution in [0.25, 0.3) is 33.5 Å². The predicted molar refractivity (Wildman–Crippen MR) is 137 cm³/mol. The van der Waals surface area contributed by atoms with Gasteiger partial charge in [-0.3, -0.25) is 9.48 Å². The molecule has 1 aromatic carbocycles. The van der Waals surface area contributed by atoms with Gasteiger partial charge in [0.25, 0.3) is 5.91 Å². The molecule has 10 heteroatoms. The molecule has 36 heavy (non-hydrogen) atoms. The lowest BCUT2D eigenvalue weighted by molar-refractivity contribution is 0.0281. The number of aryl methyl sites for hydroxylation is 2. The number of ether oxygens (including phenoxy) is 1. The largest absolute Gasteiger partial charge is 0.444 e. The van der Waals surface area contributed by atoms with E-state index in [1.54, 1.807) is 17.3 Å². The van der Waals surface area contributed by atoms with E-state index in [-0.39, 0.29) is 12.0 Å². The standard InChI is InChI=1S/C26H31N7O3/c1-15-7-8-16-19(11-15)32(6)31-20(16)18-13-28-22-21(29-18)17(12-27-22)23(34)30-26(5)9-10-33(14-26)24(35)36-25(2,3)4/h7-8,11-13H,9-10,14H2,1-6H3,(H,27,28)(H,30,34). The van der Waals surface area contributed by atoms with Crippen molar-refractivity contribution in [2.45, 2.75) is 52.2 Å². The Morgan fingerprint density at radius 1 is 1.25 bits per heavy atom. The van der Waals surface area contributed by atoms with Crippen LogP contribution >= 0.6 is 0 Å². The van der Waals surface area contributed by atoms with Gasteiger partial charge in [-0.2, -0.15) is 5.10 Å². The third kappa shape index (κ3) is 4.38. The molecule has 0 radical (unpaired) electrons. The smallest absolute Gasteiger partial charge is 0.410 e. The normalized spacial score (nSPS) is 18.2. The number of aromatic nitrogens is 5. The van der Waals surface area contributed by atoms with Gasteiger partial charge >= 0.3 is 6.09 Å². The number of nitrogens with zero attached hydrogens (tertiary/aromatic N) is 5. The summed E-state index contributed by atoms with van der Waals surface area (Å²) in [7, 11) is 1.90. The summed E-state index contributed by atoms with van der Waals surface area (Å²) in [6.07, 6.45) is 3.53. The molecule has 1 atom stereocenters. The van der Waals surface area contributed by atoms with E-state index in [4.69, 9.17) is 9.72 Å². The van der Waals surface area contributed by atoms with Crippen LogP contribution in [0.15, 0.2) is 30.6 Å². The van der Waals surface area contributed by atoms with Crippen molar-refractivity contribution in [3.05, 3.63) is 41.7 Å². The Balaban J connectivity index is 1.40. The van der Waals surface area contributed by atoms with Gasteiger partial charge in [-0.25, -0.2) is 14.8 Å². The molecule has 4 aromatic rings. The minimum absolute atomic E-state index is 0.275. The van der Waals surface area contributed by atoms with Crippen LogP contribution in [0.4, 0.5) is 4.79 Å². The van der Waals surface area contributed by atoms with Crippen molar-refractivity contribution < 1.29 is 14.3 Å². The number of amides is 2. The Bertz CT molecular complexity index is 1500. The highest BCUT2D eigenvalue weighted by molar-refractivity contribution is 6.05. The second-order valence-corrected chi connectivity index (χ2v) is 10.8. The molecule has 2 amide bonds. The molecule has 1 unspecified atom stereocenters. The molecule has 4 heterocycles. The van der Waals surface area contributed by atoms with Gasteiger partial charge in [0.15, 0.2) is 5.65 Å². The Morgan fingerprint density at radius 2 is 2.03 bits per heavy atom. The number of benzene rings is 1. The van der Waals surface area contributed by atoms with Crippen molar-refractivity contribution >= 4 is 34.1 Å². The van der Waals surface area contributed by atoms with E-state index in [1.807, 2.05) is 58.5 Å². The van der Waals surface area contributed by atoms with Crippen LogP contribution in [0.5, 0.6) is 0 Å². The van der Waals surface area contributed by atoms with E-state index in [0.29, 0.717) is 47.6 Å².